The van der Waals surface area contributed by atoms with Gasteiger partial charge < -0.3 is 31.3 Å². The zero-order chi connectivity index (χ0) is 42.9. The van der Waals surface area contributed by atoms with E-state index in [2.05, 4.69) is 58.8 Å². The van der Waals surface area contributed by atoms with Crippen LogP contribution < -0.4 is 21.3 Å². The summed E-state index contributed by atoms with van der Waals surface area (Å²) >= 11 is 0. The van der Waals surface area contributed by atoms with Crippen molar-refractivity contribution < 1.29 is 14.7 Å². The van der Waals surface area contributed by atoms with Gasteiger partial charge in [-0.05, 0) is 89.1 Å². The van der Waals surface area contributed by atoms with Crippen LogP contribution >= 0.6 is 0 Å². The number of amides is 4. The van der Waals surface area contributed by atoms with Crippen molar-refractivity contribution in [2.24, 2.45) is 11.8 Å². The monoisotopic (exact) mass is 835 g/mol. The van der Waals surface area contributed by atoms with Crippen LogP contribution in [0.4, 0.5) is 9.59 Å². The van der Waals surface area contributed by atoms with Gasteiger partial charge in [-0.15, -0.1) is 0 Å². The molecule has 0 spiro atoms. The molecule has 350 valence electrons. The maximum atomic E-state index is 12.8. The number of hydrogen-bond donors (Lipinski definition) is 5. The van der Waals surface area contributed by atoms with Crippen molar-refractivity contribution in [3.63, 3.8) is 0 Å². The van der Waals surface area contributed by atoms with Crippen molar-refractivity contribution in [1.82, 2.24) is 31.1 Å². The minimum Gasteiger partial charge on any atom is -0.395 e. The van der Waals surface area contributed by atoms with E-state index in [1.165, 1.54) is 173 Å². The van der Waals surface area contributed by atoms with E-state index in [1.807, 2.05) is 0 Å². The van der Waals surface area contributed by atoms with E-state index in [0.29, 0.717) is 31.0 Å². The van der Waals surface area contributed by atoms with Crippen molar-refractivity contribution in [3.05, 3.63) is 0 Å². The molecule has 0 aromatic carbocycles. The maximum absolute atomic E-state index is 12.8. The topological polar surface area (TPSA) is 109 Å². The first-order valence-corrected chi connectivity index (χ1v) is 26.1. The molecule has 59 heavy (non-hydrogen) atoms. The fourth-order valence-electron chi connectivity index (χ4n) is 8.73. The van der Waals surface area contributed by atoms with Crippen LogP contribution in [0.1, 0.15) is 227 Å². The van der Waals surface area contributed by atoms with E-state index in [4.69, 9.17) is 0 Å². The summed E-state index contributed by atoms with van der Waals surface area (Å²) in [4.78, 5) is 30.6. The van der Waals surface area contributed by atoms with Gasteiger partial charge in [-0.25, -0.2) is 9.59 Å². The first-order chi connectivity index (χ1) is 29.0. The van der Waals surface area contributed by atoms with Crippen LogP contribution in [0, 0.1) is 11.8 Å². The minimum absolute atomic E-state index is 0.0136. The number of carbonyl (C=O) groups is 2. The summed E-state index contributed by atoms with van der Waals surface area (Å²) in [7, 11) is 0. The first-order valence-electron chi connectivity index (χ1n) is 26.1. The second kappa shape index (κ2) is 41.8. The highest BCUT2D eigenvalue weighted by molar-refractivity contribution is 5.74. The van der Waals surface area contributed by atoms with Crippen molar-refractivity contribution in [2.45, 2.75) is 233 Å². The number of nitrogens with one attached hydrogen (secondary N) is 4. The van der Waals surface area contributed by atoms with E-state index in [9.17, 15) is 14.7 Å². The number of rotatable bonds is 44. The van der Waals surface area contributed by atoms with Crippen molar-refractivity contribution >= 4 is 12.1 Å². The van der Waals surface area contributed by atoms with Crippen molar-refractivity contribution in [2.75, 3.05) is 65.5 Å². The highest BCUT2D eigenvalue weighted by Crippen LogP contribution is 2.24. The lowest BCUT2D eigenvalue weighted by atomic mass is 9.91. The second-order valence-corrected chi connectivity index (χ2v) is 18.4. The SMILES string of the molecule is CCCCCCCCC(CCCCCC)CNC(=O)NCCCCN(CCCCNC(=O)NCC(CCCCCC)CCCCCCCC)CCN(CCO)C1CCC1. The predicted octanol–water partition coefficient (Wildman–Crippen LogP) is 12.0. The number of nitrogens with zero attached hydrogens (tertiary/aromatic N) is 2. The average Bonchev–Trinajstić information content (AvgIpc) is 3.21. The number of urea groups is 2. The van der Waals surface area contributed by atoms with Gasteiger partial charge in [0.2, 0.25) is 0 Å². The molecule has 0 aromatic heterocycles. The summed E-state index contributed by atoms with van der Waals surface area (Å²) in [6.45, 7) is 17.0. The van der Waals surface area contributed by atoms with Crippen LogP contribution in [0.3, 0.4) is 0 Å². The van der Waals surface area contributed by atoms with Crippen LogP contribution in [-0.2, 0) is 0 Å². The van der Waals surface area contributed by atoms with Gasteiger partial charge in [-0.1, -0.05) is 163 Å². The van der Waals surface area contributed by atoms with E-state index >= 15 is 0 Å². The van der Waals surface area contributed by atoms with Crippen LogP contribution in [-0.4, -0.2) is 98.5 Å². The summed E-state index contributed by atoms with van der Waals surface area (Å²) in [6.07, 6.45) is 38.9. The summed E-state index contributed by atoms with van der Waals surface area (Å²) in [5, 5.41) is 22.5. The Kier molecular flexibility index (Phi) is 39.2. The van der Waals surface area contributed by atoms with Crippen molar-refractivity contribution in [3.8, 4) is 0 Å². The molecule has 2 unspecified atom stereocenters. The molecule has 0 bridgehead atoms. The highest BCUT2D eigenvalue weighted by Gasteiger charge is 2.24. The molecular weight excluding hydrogens is 733 g/mol. The van der Waals surface area contributed by atoms with E-state index in [0.717, 1.165) is 71.5 Å². The Morgan fingerprint density at radius 2 is 0.864 bits per heavy atom. The lowest BCUT2D eigenvalue weighted by Crippen LogP contribution is -2.46. The number of hydrogen-bond acceptors (Lipinski definition) is 5. The Morgan fingerprint density at radius 1 is 0.475 bits per heavy atom. The molecule has 2 atom stereocenters. The third-order valence-corrected chi connectivity index (χ3v) is 13.0. The summed E-state index contributed by atoms with van der Waals surface area (Å²) < 4.78 is 0. The highest BCUT2D eigenvalue weighted by atomic mass is 16.3. The van der Waals surface area contributed by atoms with E-state index in [-0.39, 0.29) is 18.7 Å². The molecule has 1 aliphatic rings. The number of carbonyl (C=O) groups excluding carboxylic acids is 2. The molecule has 1 aliphatic carbocycles. The van der Waals surface area contributed by atoms with E-state index in [1.54, 1.807) is 0 Å². The van der Waals surface area contributed by atoms with Gasteiger partial charge in [-0.2, -0.15) is 0 Å². The molecule has 0 aromatic rings. The fraction of sp³-hybridized carbons (Fsp3) is 0.960. The largest absolute Gasteiger partial charge is 0.395 e. The molecule has 0 radical (unpaired) electrons. The van der Waals surface area contributed by atoms with E-state index < -0.39 is 0 Å². The summed E-state index contributed by atoms with van der Waals surface area (Å²) in [6, 6.07) is 0.596. The molecule has 0 aliphatic heterocycles. The van der Waals surface area contributed by atoms with Crippen LogP contribution in [0.15, 0.2) is 0 Å². The first kappa shape index (κ1) is 55.4. The summed E-state index contributed by atoms with van der Waals surface area (Å²) in [5.41, 5.74) is 0. The minimum atomic E-state index is -0.0136. The van der Waals surface area contributed by atoms with Gasteiger partial charge in [0.25, 0.3) is 0 Å². The van der Waals surface area contributed by atoms with Gasteiger partial charge in [-0.3, -0.25) is 4.90 Å². The zero-order valence-corrected chi connectivity index (χ0v) is 39.9. The quantitative estimate of drug-likeness (QED) is 0.0393. The third-order valence-electron chi connectivity index (χ3n) is 13.0. The molecule has 1 fully saturated rings. The zero-order valence-electron chi connectivity index (χ0n) is 39.9. The fourth-order valence-corrected chi connectivity index (χ4v) is 8.73. The summed E-state index contributed by atoms with van der Waals surface area (Å²) in [5.74, 6) is 1.17. The Hall–Kier alpha value is -1.58. The predicted molar refractivity (Wildman–Crippen MR) is 254 cm³/mol. The number of unbranched alkanes of at least 4 members (excludes halogenated alkanes) is 18. The average molecular weight is 835 g/mol. The molecule has 9 heteroatoms. The molecule has 1 rings (SSSR count). The molecule has 0 saturated heterocycles. The molecule has 4 amide bonds. The Bertz CT molecular complexity index is 863. The maximum Gasteiger partial charge on any atom is 0.314 e. The van der Waals surface area contributed by atoms with Crippen LogP contribution in [0.2, 0.25) is 0 Å². The van der Waals surface area contributed by atoms with Gasteiger partial charge in [0.1, 0.15) is 0 Å². The molecule has 1 saturated carbocycles. The lowest BCUT2D eigenvalue weighted by Gasteiger charge is -2.38. The Balaban J connectivity index is 2.47. The lowest BCUT2D eigenvalue weighted by molar-refractivity contribution is 0.0873. The van der Waals surface area contributed by atoms with Crippen molar-refractivity contribution in [1.29, 1.82) is 0 Å². The van der Waals surface area contributed by atoms with Crippen LogP contribution in [0.5, 0.6) is 0 Å². The van der Waals surface area contributed by atoms with Crippen LogP contribution in [0.25, 0.3) is 0 Å². The number of aliphatic hydroxyl groups excluding tert-OH is 1. The Morgan fingerprint density at radius 3 is 1.24 bits per heavy atom. The standard InChI is InChI=1S/C50H102N6O3/c1-5-9-13-17-19-23-32-46(30-21-15-11-7-3)44-53-49(58)51-36-25-27-38-55(40-41-56(42-43-57)48-34-29-35-48)39-28-26-37-52-50(59)54-45-47(31-22-16-12-8-4)33-24-20-18-14-10-6-2/h46-48,57H,5-45H2,1-4H3,(H2,51,53,58)(H2,52,54,59). The smallest absolute Gasteiger partial charge is 0.314 e. The number of aliphatic hydroxyl groups is 1. The molecule has 5 N–H and O–H groups in total. The molecule has 0 heterocycles. The molecule has 9 nitrogen and oxygen atoms in total. The second-order valence-electron chi connectivity index (χ2n) is 18.4. The third kappa shape index (κ3) is 33.7. The van der Waals surface area contributed by atoms with Gasteiger partial charge >= 0.3 is 12.1 Å². The van der Waals surface area contributed by atoms with Gasteiger partial charge in [0.05, 0.1) is 6.61 Å². The van der Waals surface area contributed by atoms with Gasteiger partial charge in [0, 0.05) is 51.9 Å². The Labute approximate surface area is 366 Å². The normalized spacial score (nSPS) is 14.1. The molecular formula is C50H102N6O3. The van der Waals surface area contributed by atoms with Gasteiger partial charge in [0.15, 0.2) is 0 Å².